The number of alkyl halides is 2. The molecule has 0 saturated carbocycles. The molecule has 0 unspecified atom stereocenters. The van der Waals surface area contributed by atoms with E-state index in [0.29, 0.717) is 71.8 Å². The van der Waals surface area contributed by atoms with E-state index in [-0.39, 0.29) is 0 Å². The first kappa shape index (κ1) is 20.1. The minimum atomic E-state index is -2.73. The molecule has 5 heterocycles. The number of hydrogen-bond donors (Lipinski definition) is 2. The number of ether oxygens (including phenoxy) is 1. The normalized spacial score (nSPS) is 14.4. The average Bonchev–Trinajstić information content (AvgIpc) is 3.46. The van der Waals surface area contributed by atoms with Crippen LogP contribution in [0.5, 0.6) is 0 Å². The molecule has 11 nitrogen and oxygen atoms in total. The number of halogens is 2. The summed E-state index contributed by atoms with van der Waals surface area (Å²) in [6.07, 6.45) is 5.69. The number of imidazole rings is 1. The van der Waals surface area contributed by atoms with E-state index in [9.17, 15) is 8.78 Å². The fourth-order valence-electron chi connectivity index (χ4n) is 3.38. The third-order valence-corrected chi connectivity index (χ3v) is 5.03. The molecular formula is C19H20F2N10O. The standard InChI is InChI=1S/C19H20F2N10O/c20-18(21)31-10-14(9-26-31)30-11-25-15-16(24-8-13-2-1-12(22)7-23-13)27-19(28-17(15)30)29-3-5-32-6-4-29/h1-2,7,9-11,18H,3-6,8,22H2,(H,24,27,28). The Bertz CT molecular complexity index is 1220. The lowest BCUT2D eigenvalue weighted by molar-refractivity contribution is 0.0566. The lowest BCUT2D eigenvalue weighted by Crippen LogP contribution is -2.37. The van der Waals surface area contributed by atoms with Gasteiger partial charge in [0.05, 0.1) is 55.4 Å². The van der Waals surface area contributed by atoms with Crippen LogP contribution in [0.2, 0.25) is 0 Å². The molecule has 13 heteroatoms. The van der Waals surface area contributed by atoms with Crippen LogP contribution in [0.15, 0.2) is 37.1 Å². The number of rotatable bonds is 6. The molecular weight excluding hydrogens is 422 g/mol. The molecule has 0 atom stereocenters. The van der Waals surface area contributed by atoms with Gasteiger partial charge in [-0.15, -0.1) is 0 Å². The largest absolute Gasteiger partial charge is 0.397 e. The van der Waals surface area contributed by atoms with Crippen molar-refractivity contribution in [1.82, 2.24) is 34.3 Å². The van der Waals surface area contributed by atoms with Gasteiger partial charge in [0, 0.05) is 13.1 Å². The van der Waals surface area contributed by atoms with Crippen LogP contribution < -0.4 is 16.0 Å². The Balaban J connectivity index is 1.54. The van der Waals surface area contributed by atoms with Crippen molar-refractivity contribution in [2.45, 2.75) is 13.1 Å². The highest BCUT2D eigenvalue weighted by molar-refractivity contribution is 5.85. The van der Waals surface area contributed by atoms with Crippen molar-refractivity contribution in [2.24, 2.45) is 0 Å². The first-order chi connectivity index (χ1) is 15.6. The second kappa shape index (κ2) is 8.34. The van der Waals surface area contributed by atoms with Gasteiger partial charge in [-0.2, -0.15) is 23.8 Å². The van der Waals surface area contributed by atoms with Gasteiger partial charge in [-0.1, -0.05) is 0 Å². The molecule has 5 rings (SSSR count). The van der Waals surface area contributed by atoms with Crippen LogP contribution in [0.4, 0.5) is 26.2 Å². The number of nitrogens with two attached hydrogens (primary N) is 1. The fourth-order valence-corrected chi connectivity index (χ4v) is 3.38. The molecule has 3 N–H and O–H groups in total. The zero-order chi connectivity index (χ0) is 22.1. The van der Waals surface area contributed by atoms with Crippen molar-refractivity contribution in [2.75, 3.05) is 42.3 Å². The fraction of sp³-hybridized carbons (Fsp3) is 0.316. The molecule has 0 bridgehead atoms. The molecule has 1 fully saturated rings. The number of aromatic nitrogens is 7. The number of nitrogens with zero attached hydrogens (tertiary/aromatic N) is 8. The smallest absolute Gasteiger partial charge is 0.333 e. The lowest BCUT2D eigenvalue weighted by Gasteiger charge is -2.27. The number of morpholine rings is 1. The van der Waals surface area contributed by atoms with Gasteiger partial charge in [0.1, 0.15) is 6.33 Å². The molecule has 1 aliphatic heterocycles. The molecule has 0 spiro atoms. The quantitative estimate of drug-likeness (QED) is 0.460. The van der Waals surface area contributed by atoms with Crippen LogP contribution in [-0.4, -0.2) is 60.6 Å². The number of nitrogen functional groups attached to an aromatic ring is 1. The van der Waals surface area contributed by atoms with Crippen LogP contribution in [0.25, 0.3) is 16.9 Å². The van der Waals surface area contributed by atoms with Crippen LogP contribution in [-0.2, 0) is 11.3 Å². The second-order valence-corrected chi connectivity index (χ2v) is 7.15. The van der Waals surface area contributed by atoms with Crippen LogP contribution >= 0.6 is 0 Å². The number of pyridine rings is 1. The van der Waals surface area contributed by atoms with Crippen molar-refractivity contribution < 1.29 is 13.5 Å². The summed E-state index contributed by atoms with van der Waals surface area (Å²) < 4.78 is 33.6. The van der Waals surface area contributed by atoms with Gasteiger partial charge in [-0.05, 0) is 12.1 Å². The Kier molecular flexibility index (Phi) is 5.23. The molecule has 4 aromatic heterocycles. The minimum absolute atomic E-state index is 0.394. The van der Waals surface area contributed by atoms with Crippen molar-refractivity contribution in [3.8, 4) is 5.69 Å². The van der Waals surface area contributed by atoms with Gasteiger partial charge in [-0.25, -0.2) is 9.67 Å². The predicted molar refractivity (Wildman–Crippen MR) is 113 cm³/mol. The third-order valence-electron chi connectivity index (χ3n) is 5.03. The van der Waals surface area contributed by atoms with E-state index >= 15 is 0 Å². The van der Waals surface area contributed by atoms with Gasteiger partial charge < -0.3 is 20.7 Å². The molecule has 0 radical (unpaired) electrons. The number of fused-ring (bicyclic) bond motifs is 1. The first-order valence-corrected chi connectivity index (χ1v) is 9.93. The number of nitrogens with one attached hydrogen (secondary N) is 1. The Morgan fingerprint density at radius 1 is 1.12 bits per heavy atom. The Labute approximate surface area is 180 Å². The molecule has 0 aliphatic carbocycles. The molecule has 1 aliphatic rings. The zero-order valence-corrected chi connectivity index (χ0v) is 16.9. The van der Waals surface area contributed by atoms with Gasteiger partial charge in [0.2, 0.25) is 5.95 Å². The molecule has 1 saturated heterocycles. The maximum Gasteiger partial charge on any atom is 0.333 e. The zero-order valence-electron chi connectivity index (χ0n) is 16.9. The third kappa shape index (κ3) is 3.89. The summed E-state index contributed by atoms with van der Waals surface area (Å²) in [5.74, 6) is 1.01. The van der Waals surface area contributed by atoms with Crippen molar-refractivity contribution in [3.05, 3.63) is 42.7 Å². The molecule has 32 heavy (non-hydrogen) atoms. The van der Waals surface area contributed by atoms with E-state index in [0.717, 1.165) is 5.69 Å². The summed E-state index contributed by atoms with van der Waals surface area (Å²) in [6, 6.07) is 3.59. The maximum atomic E-state index is 13.0. The first-order valence-electron chi connectivity index (χ1n) is 9.93. The topological polar surface area (TPSA) is 125 Å². The van der Waals surface area contributed by atoms with Crippen LogP contribution in [0.1, 0.15) is 12.2 Å². The van der Waals surface area contributed by atoms with E-state index in [1.807, 2.05) is 11.0 Å². The predicted octanol–water partition coefficient (Wildman–Crippen LogP) is 1.83. The summed E-state index contributed by atoms with van der Waals surface area (Å²) >= 11 is 0. The Morgan fingerprint density at radius 3 is 2.69 bits per heavy atom. The molecule has 166 valence electrons. The van der Waals surface area contributed by atoms with E-state index in [2.05, 4.69) is 30.4 Å². The Hall–Kier alpha value is -3.87. The summed E-state index contributed by atoms with van der Waals surface area (Å²) in [5, 5.41) is 6.97. The van der Waals surface area contributed by atoms with E-state index in [4.69, 9.17) is 10.5 Å². The number of anilines is 3. The van der Waals surface area contributed by atoms with E-state index in [1.165, 1.54) is 18.7 Å². The van der Waals surface area contributed by atoms with Gasteiger partial charge in [0.25, 0.3) is 0 Å². The van der Waals surface area contributed by atoms with Crippen LogP contribution in [0.3, 0.4) is 0 Å². The summed E-state index contributed by atoms with van der Waals surface area (Å²) in [7, 11) is 0. The molecule has 0 amide bonds. The second-order valence-electron chi connectivity index (χ2n) is 7.15. The monoisotopic (exact) mass is 442 g/mol. The van der Waals surface area contributed by atoms with E-state index in [1.54, 1.807) is 16.8 Å². The SMILES string of the molecule is Nc1ccc(CNc2nc(N3CCOCC3)nc3c2ncn3-c2cnn(C(F)F)c2)nc1. The maximum absolute atomic E-state index is 13.0. The summed E-state index contributed by atoms with van der Waals surface area (Å²) in [4.78, 5) is 20.1. The Morgan fingerprint density at radius 2 is 1.97 bits per heavy atom. The highest BCUT2D eigenvalue weighted by atomic mass is 19.3. The van der Waals surface area contributed by atoms with Gasteiger partial charge in [0.15, 0.2) is 17.0 Å². The van der Waals surface area contributed by atoms with E-state index < -0.39 is 6.55 Å². The van der Waals surface area contributed by atoms with Crippen molar-refractivity contribution >= 4 is 28.6 Å². The van der Waals surface area contributed by atoms with Crippen LogP contribution in [0, 0.1) is 0 Å². The minimum Gasteiger partial charge on any atom is -0.397 e. The molecule has 4 aromatic rings. The summed E-state index contributed by atoms with van der Waals surface area (Å²) in [6.45, 7) is 0.0798. The summed E-state index contributed by atoms with van der Waals surface area (Å²) in [5.41, 5.74) is 8.46. The highest BCUT2D eigenvalue weighted by Crippen LogP contribution is 2.26. The average molecular weight is 442 g/mol. The van der Waals surface area contributed by atoms with Gasteiger partial charge in [-0.3, -0.25) is 9.55 Å². The van der Waals surface area contributed by atoms with Crippen molar-refractivity contribution in [1.29, 1.82) is 0 Å². The molecule has 0 aromatic carbocycles. The van der Waals surface area contributed by atoms with Gasteiger partial charge >= 0.3 is 6.55 Å². The number of hydrogen-bond acceptors (Lipinski definition) is 9. The lowest BCUT2D eigenvalue weighted by atomic mass is 10.3. The highest BCUT2D eigenvalue weighted by Gasteiger charge is 2.20. The van der Waals surface area contributed by atoms with Crippen molar-refractivity contribution in [3.63, 3.8) is 0 Å².